The van der Waals surface area contributed by atoms with Crippen LogP contribution in [0.15, 0.2) is 0 Å². The Balaban J connectivity index is 4.11. The molecular weight excluding hydrogens is 160 g/mol. The molecule has 0 bridgehead atoms. The van der Waals surface area contributed by atoms with Crippen LogP contribution >= 0.6 is 0 Å². The van der Waals surface area contributed by atoms with E-state index in [9.17, 15) is 0 Å². The monoisotopic (exact) mass is 186 g/mol. The Hall–Kier alpha value is -0.0800. The average molecular weight is 186 g/mol. The fraction of sp³-hybridized carbons (Fsp3) is 1.00. The fourth-order valence-corrected chi connectivity index (χ4v) is 2.00. The molecule has 0 spiro atoms. The average Bonchev–Trinajstić information content (AvgIpc) is 2.05. The molecule has 0 saturated carbocycles. The topological polar surface area (TPSA) is 15.3 Å². The van der Waals surface area contributed by atoms with Crippen LogP contribution in [0.4, 0.5) is 0 Å². The van der Waals surface area contributed by atoms with Crippen molar-refractivity contribution in [3.05, 3.63) is 0 Å². The number of rotatable bonds is 7. The van der Waals surface area contributed by atoms with Gasteiger partial charge in [-0.15, -0.1) is 0 Å². The molecule has 0 rings (SSSR count). The van der Waals surface area contributed by atoms with Gasteiger partial charge in [0.1, 0.15) is 0 Å². The van der Waals surface area contributed by atoms with E-state index in [0.717, 1.165) is 13.1 Å². The predicted octanol–water partition coefficient (Wildman–Crippen LogP) is 2.10. The lowest BCUT2D eigenvalue weighted by atomic mass is 10.1. The minimum atomic E-state index is 0.662. The van der Waals surface area contributed by atoms with Crippen molar-refractivity contribution in [2.75, 3.05) is 20.1 Å². The van der Waals surface area contributed by atoms with Crippen molar-refractivity contribution in [3.63, 3.8) is 0 Å². The van der Waals surface area contributed by atoms with E-state index in [0.29, 0.717) is 12.1 Å². The molecular formula is C11H26N2. The van der Waals surface area contributed by atoms with Crippen molar-refractivity contribution in [2.24, 2.45) is 0 Å². The Bertz CT molecular complexity index is 107. The lowest BCUT2D eigenvalue weighted by Gasteiger charge is -2.33. The van der Waals surface area contributed by atoms with Gasteiger partial charge >= 0.3 is 0 Å². The summed E-state index contributed by atoms with van der Waals surface area (Å²) in [7, 11) is 2.04. The van der Waals surface area contributed by atoms with Crippen LogP contribution in [0.1, 0.15) is 40.5 Å². The summed E-state index contributed by atoms with van der Waals surface area (Å²) >= 11 is 0. The van der Waals surface area contributed by atoms with Crippen molar-refractivity contribution >= 4 is 0 Å². The number of likely N-dealkylation sites (N-methyl/N-ethyl adjacent to an activating group) is 2. The van der Waals surface area contributed by atoms with Crippen LogP contribution in [0.2, 0.25) is 0 Å². The summed E-state index contributed by atoms with van der Waals surface area (Å²) in [6.45, 7) is 11.3. The van der Waals surface area contributed by atoms with Crippen LogP contribution in [-0.2, 0) is 0 Å². The molecule has 1 N–H and O–H groups in total. The molecule has 80 valence electrons. The minimum Gasteiger partial charge on any atom is -0.318 e. The van der Waals surface area contributed by atoms with Gasteiger partial charge in [-0.1, -0.05) is 20.3 Å². The van der Waals surface area contributed by atoms with E-state index in [4.69, 9.17) is 0 Å². The molecule has 1 unspecified atom stereocenters. The maximum absolute atomic E-state index is 3.28. The van der Waals surface area contributed by atoms with Gasteiger partial charge in [-0.25, -0.2) is 0 Å². The Morgan fingerprint density at radius 2 is 1.85 bits per heavy atom. The molecule has 0 aromatic carbocycles. The van der Waals surface area contributed by atoms with E-state index in [-0.39, 0.29) is 0 Å². The largest absolute Gasteiger partial charge is 0.318 e. The van der Waals surface area contributed by atoms with Gasteiger partial charge in [0.2, 0.25) is 0 Å². The van der Waals surface area contributed by atoms with E-state index >= 15 is 0 Å². The second-order valence-electron chi connectivity index (χ2n) is 3.92. The first kappa shape index (κ1) is 12.9. The Kier molecular flexibility index (Phi) is 7.29. The second kappa shape index (κ2) is 7.34. The number of hydrogen-bond acceptors (Lipinski definition) is 2. The van der Waals surface area contributed by atoms with E-state index in [1.165, 1.54) is 12.8 Å². The van der Waals surface area contributed by atoms with Crippen LogP contribution in [0, 0.1) is 0 Å². The van der Waals surface area contributed by atoms with Crippen molar-refractivity contribution < 1.29 is 0 Å². The third-order valence-corrected chi connectivity index (χ3v) is 2.56. The van der Waals surface area contributed by atoms with Gasteiger partial charge in [0.15, 0.2) is 0 Å². The summed E-state index contributed by atoms with van der Waals surface area (Å²) in [5.74, 6) is 0. The first-order chi connectivity index (χ1) is 6.17. The summed E-state index contributed by atoms with van der Waals surface area (Å²) in [4.78, 5) is 2.57. The first-order valence-corrected chi connectivity index (χ1v) is 5.57. The van der Waals surface area contributed by atoms with Gasteiger partial charge in [0, 0.05) is 18.6 Å². The highest BCUT2D eigenvalue weighted by Gasteiger charge is 2.17. The third kappa shape index (κ3) is 4.63. The normalized spacial score (nSPS) is 14.1. The van der Waals surface area contributed by atoms with Gasteiger partial charge < -0.3 is 5.32 Å². The zero-order valence-electron chi connectivity index (χ0n) is 9.93. The molecule has 0 aromatic rings. The molecule has 0 fully saturated rings. The molecule has 0 aliphatic carbocycles. The van der Waals surface area contributed by atoms with Crippen LogP contribution in [-0.4, -0.2) is 37.1 Å². The van der Waals surface area contributed by atoms with E-state index in [1.807, 2.05) is 7.05 Å². The summed E-state index contributed by atoms with van der Waals surface area (Å²) in [5, 5.41) is 3.28. The van der Waals surface area contributed by atoms with Gasteiger partial charge in [-0.05, 0) is 33.9 Å². The highest BCUT2D eigenvalue weighted by molar-refractivity contribution is 4.74. The van der Waals surface area contributed by atoms with Crippen molar-refractivity contribution in [1.82, 2.24) is 10.2 Å². The first-order valence-electron chi connectivity index (χ1n) is 5.57. The van der Waals surface area contributed by atoms with Crippen LogP contribution in [0.25, 0.3) is 0 Å². The van der Waals surface area contributed by atoms with Crippen LogP contribution < -0.4 is 5.32 Å². The molecule has 0 aromatic heterocycles. The second-order valence-corrected chi connectivity index (χ2v) is 3.92. The number of nitrogens with zero attached hydrogens (tertiary/aromatic N) is 1. The van der Waals surface area contributed by atoms with E-state index < -0.39 is 0 Å². The van der Waals surface area contributed by atoms with E-state index in [1.54, 1.807) is 0 Å². The summed E-state index contributed by atoms with van der Waals surface area (Å²) in [5.41, 5.74) is 0. The molecule has 0 radical (unpaired) electrons. The Morgan fingerprint density at radius 3 is 2.15 bits per heavy atom. The quantitative estimate of drug-likeness (QED) is 0.655. The van der Waals surface area contributed by atoms with Gasteiger partial charge in [-0.2, -0.15) is 0 Å². The smallest absolute Gasteiger partial charge is 0.0223 e. The maximum atomic E-state index is 3.28. The molecule has 0 heterocycles. The predicted molar refractivity (Wildman–Crippen MR) is 60.1 cm³/mol. The van der Waals surface area contributed by atoms with E-state index in [2.05, 4.69) is 37.9 Å². The molecule has 1 atom stereocenters. The number of nitrogens with one attached hydrogen (secondary N) is 1. The zero-order valence-corrected chi connectivity index (χ0v) is 9.93. The molecule has 0 aliphatic heterocycles. The standard InChI is InChI=1S/C11H26N2/c1-6-8-11(9-12-5)13(7-2)10(3)4/h10-12H,6-9H2,1-5H3. The van der Waals surface area contributed by atoms with Crippen LogP contribution in [0.5, 0.6) is 0 Å². The summed E-state index contributed by atoms with van der Waals surface area (Å²) in [6.07, 6.45) is 2.57. The third-order valence-electron chi connectivity index (χ3n) is 2.56. The minimum absolute atomic E-state index is 0.662. The lowest BCUT2D eigenvalue weighted by Crippen LogP contribution is -2.45. The molecule has 0 amide bonds. The van der Waals surface area contributed by atoms with Crippen LogP contribution in [0.3, 0.4) is 0 Å². The highest BCUT2D eigenvalue weighted by atomic mass is 15.2. The zero-order chi connectivity index (χ0) is 10.3. The maximum Gasteiger partial charge on any atom is 0.0223 e. The summed E-state index contributed by atoms with van der Waals surface area (Å²) in [6, 6.07) is 1.37. The van der Waals surface area contributed by atoms with Crippen molar-refractivity contribution in [2.45, 2.75) is 52.6 Å². The van der Waals surface area contributed by atoms with Gasteiger partial charge in [0.25, 0.3) is 0 Å². The molecule has 2 heteroatoms. The van der Waals surface area contributed by atoms with Gasteiger partial charge in [0.05, 0.1) is 0 Å². The van der Waals surface area contributed by atoms with Crippen molar-refractivity contribution in [3.8, 4) is 0 Å². The Morgan fingerprint density at radius 1 is 1.23 bits per heavy atom. The fourth-order valence-electron chi connectivity index (χ4n) is 2.00. The number of hydrogen-bond donors (Lipinski definition) is 1. The molecule has 13 heavy (non-hydrogen) atoms. The van der Waals surface area contributed by atoms with Gasteiger partial charge in [-0.3, -0.25) is 4.90 Å². The molecule has 0 aliphatic rings. The molecule has 2 nitrogen and oxygen atoms in total. The lowest BCUT2D eigenvalue weighted by molar-refractivity contribution is 0.151. The summed E-state index contributed by atoms with van der Waals surface area (Å²) < 4.78 is 0. The highest BCUT2D eigenvalue weighted by Crippen LogP contribution is 2.09. The molecule has 0 saturated heterocycles. The van der Waals surface area contributed by atoms with Crippen molar-refractivity contribution in [1.29, 1.82) is 0 Å². The SMILES string of the molecule is CCCC(CNC)N(CC)C(C)C. The Labute approximate surface area is 83.7 Å².